The molecule has 1 heterocycles. The highest BCUT2D eigenvalue weighted by Crippen LogP contribution is 2.35. The fourth-order valence-corrected chi connectivity index (χ4v) is 3.85. The van der Waals surface area contributed by atoms with Gasteiger partial charge in [-0.2, -0.15) is 5.26 Å². The summed E-state index contributed by atoms with van der Waals surface area (Å²) in [6.07, 6.45) is 9.71. The molecule has 0 spiro atoms. The van der Waals surface area contributed by atoms with Crippen molar-refractivity contribution in [2.45, 2.75) is 63.8 Å². The fourth-order valence-electron chi connectivity index (χ4n) is 3.85. The second-order valence-electron chi connectivity index (χ2n) is 6.58. The molecular formula is C16H29N3. The molecule has 1 saturated carbocycles. The molecule has 2 fully saturated rings. The topological polar surface area (TPSA) is 53.0 Å². The molecular weight excluding hydrogens is 234 g/mol. The van der Waals surface area contributed by atoms with Gasteiger partial charge in [-0.05, 0) is 70.0 Å². The van der Waals surface area contributed by atoms with Gasteiger partial charge in [-0.15, -0.1) is 0 Å². The molecule has 0 aromatic heterocycles. The van der Waals surface area contributed by atoms with E-state index in [1.165, 1.54) is 38.8 Å². The summed E-state index contributed by atoms with van der Waals surface area (Å²) in [5.41, 5.74) is 5.68. The van der Waals surface area contributed by atoms with E-state index in [1.54, 1.807) is 0 Å². The van der Waals surface area contributed by atoms with E-state index in [-0.39, 0.29) is 0 Å². The molecule has 0 bridgehead atoms. The normalized spacial score (nSPS) is 36.9. The first-order valence-corrected chi connectivity index (χ1v) is 8.10. The van der Waals surface area contributed by atoms with Crippen molar-refractivity contribution in [1.82, 2.24) is 4.90 Å². The van der Waals surface area contributed by atoms with Crippen molar-refractivity contribution in [1.29, 1.82) is 5.26 Å². The molecule has 3 unspecified atom stereocenters. The van der Waals surface area contributed by atoms with Crippen LogP contribution < -0.4 is 5.73 Å². The van der Waals surface area contributed by atoms with Gasteiger partial charge in [0.25, 0.3) is 0 Å². The maximum absolute atomic E-state index is 9.26. The van der Waals surface area contributed by atoms with Crippen molar-refractivity contribution in [2.24, 2.45) is 17.6 Å². The second kappa shape index (κ2) is 6.72. The lowest BCUT2D eigenvalue weighted by atomic mass is 9.87. The van der Waals surface area contributed by atoms with Crippen LogP contribution in [0.2, 0.25) is 0 Å². The molecule has 0 amide bonds. The van der Waals surface area contributed by atoms with Crippen molar-refractivity contribution in [3.63, 3.8) is 0 Å². The van der Waals surface area contributed by atoms with Crippen LogP contribution in [-0.2, 0) is 0 Å². The molecule has 0 radical (unpaired) electrons. The van der Waals surface area contributed by atoms with E-state index >= 15 is 0 Å². The first-order valence-electron chi connectivity index (χ1n) is 8.10. The number of nitrogens with two attached hydrogens (primary N) is 1. The molecule has 1 saturated heterocycles. The van der Waals surface area contributed by atoms with Crippen molar-refractivity contribution in [3.05, 3.63) is 0 Å². The minimum atomic E-state index is -0.530. The van der Waals surface area contributed by atoms with Gasteiger partial charge in [-0.1, -0.05) is 19.8 Å². The summed E-state index contributed by atoms with van der Waals surface area (Å²) in [4.78, 5) is 2.60. The molecule has 3 nitrogen and oxygen atoms in total. The number of hydrogen-bond acceptors (Lipinski definition) is 3. The van der Waals surface area contributed by atoms with Crippen LogP contribution in [0.1, 0.15) is 58.3 Å². The second-order valence-corrected chi connectivity index (χ2v) is 6.58. The lowest BCUT2D eigenvalue weighted by molar-refractivity contribution is 0.241. The van der Waals surface area contributed by atoms with Crippen LogP contribution >= 0.6 is 0 Å². The Morgan fingerprint density at radius 2 is 2.11 bits per heavy atom. The van der Waals surface area contributed by atoms with Crippen LogP contribution in [0.4, 0.5) is 0 Å². The molecule has 19 heavy (non-hydrogen) atoms. The molecule has 3 atom stereocenters. The van der Waals surface area contributed by atoms with E-state index < -0.39 is 5.54 Å². The van der Waals surface area contributed by atoms with Crippen LogP contribution in [0.25, 0.3) is 0 Å². The maximum Gasteiger partial charge on any atom is 0.107 e. The van der Waals surface area contributed by atoms with Gasteiger partial charge in [0.15, 0.2) is 0 Å². The van der Waals surface area contributed by atoms with Gasteiger partial charge in [-0.3, -0.25) is 0 Å². The van der Waals surface area contributed by atoms with Crippen LogP contribution in [-0.4, -0.2) is 30.1 Å². The fraction of sp³-hybridized carbons (Fsp3) is 0.938. The average molecular weight is 263 g/mol. The summed E-state index contributed by atoms with van der Waals surface area (Å²) in [5.74, 6) is 1.35. The summed E-state index contributed by atoms with van der Waals surface area (Å²) in [5, 5.41) is 9.26. The van der Waals surface area contributed by atoms with Gasteiger partial charge in [0.1, 0.15) is 5.54 Å². The molecule has 2 rings (SSSR count). The van der Waals surface area contributed by atoms with Gasteiger partial charge >= 0.3 is 0 Å². The Balaban J connectivity index is 1.78. The molecule has 0 aromatic carbocycles. The highest BCUT2D eigenvalue weighted by atomic mass is 15.1. The van der Waals surface area contributed by atoms with Gasteiger partial charge in [0.05, 0.1) is 6.07 Å². The largest absolute Gasteiger partial charge is 0.313 e. The zero-order chi connectivity index (χ0) is 13.7. The minimum absolute atomic E-state index is 0.419. The number of likely N-dealkylation sites (tertiary alicyclic amines) is 1. The van der Waals surface area contributed by atoms with Crippen LogP contribution in [0, 0.1) is 23.2 Å². The summed E-state index contributed by atoms with van der Waals surface area (Å²) in [6.45, 7) is 5.94. The average Bonchev–Trinajstić information content (AvgIpc) is 2.66. The number of hydrogen-bond donors (Lipinski definition) is 1. The zero-order valence-electron chi connectivity index (χ0n) is 12.4. The van der Waals surface area contributed by atoms with Crippen molar-refractivity contribution in [2.75, 3.05) is 19.6 Å². The summed E-state index contributed by atoms with van der Waals surface area (Å²) >= 11 is 0. The molecule has 108 valence electrons. The Kier molecular flexibility index (Phi) is 5.24. The lowest BCUT2D eigenvalue weighted by Crippen LogP contribution is -2.43. The molecule has 3 heteroatoms. The summed E-state index contributed by atoms with van der Waals surface area (Å²) in [6, 6.07) is 2.37. The first kappa shape index (κ1) is 14.8. The van der Waals surface area contributed by atoms with E-state index in [9.17, 15) is 5.26 Å². The Hall–Kier alpha value is -0.590. The number of rotatable bonds is 4. The predicted octanol–water partition coefficient (Wildman–Crippen LogP) is 2.91. The highest BCUT2D eigenvalue weighted by molar-refractivity contribution is 5.11. The predicted molar refractivity (Wildman–Crippen MR) is 78.6 cm³/mol. The third kappa shape index (κ3) is 3.70. The van der Waals surface area contributed by atoms with Gasteiger partial charge in [0.2, 0.25) is 0 Å². The van der Waals surface area contributed by atoms with E-state index in [0.29, 0.717) is 5.92 Å². The standard InChI is InChI=1S/C16H29N3/c1-2-14-5-4-10-19(11-7-14)12-8-15-6-3-9-16(15,18)13-17/h14-15H,2-12,18H2,1H3. The highest BCUT2D eigenvalue weighted by Gasteiger charge is 2.39. The Labute approximate surface area is 118 Å². The molecule has 1 aliphatic carbocycles. The number of nitrogens with zero attached hydrogens (tertiary/aromatic N) is 2. The maximum atomic E-state index is 9.26. The molecule has 2 aliphatic rings. The van der Waals surface area contributed by atoms with Crippen LogP contribution in [0.15, 0.2) is 0 Å². The van der Waals surface area contributed by atoms with Gasteiger partial charge in [0, 0.05) is 0 Å². The molecule has 1 aliphatic heterocycles. The Bertz CT molecular complexity index is 322. The summed E-state index contributed by atoms with van der Waals surface area (Å²) < 4.78 is 0. The van der Waals surface area contributed by atoms with Crippen LogP contribution in [0.5, 0.6) is 0 Å². The summed E-state index contributed by atoms with van der Waals surface area (Å²) in [7, 11) is 0. The monoisotopic (exact) mass is 263 g/mol. The van der Waals surface area contributed by atoms with Crippen molar-refractivity contribution >= 4 is 0 Å². The van der Waals surface area contributed by atoms with Crippen LogP contribution in [0.3, 0.4) is 0 Å². The SMILES string of the molecule is CCC1CCCN(CCC2CCCC2(N)C#N)CC1. The first-order chi connectivity index (χ1) is 9.18. The smallest absolute Gasteiger partial charge is 0.107 e. The molecule has 2 N–H and O–H groups in total. The van der Waals surface area contributed by atoms with E-state index in [2.05, 4.69) is 17.9 Å². The van der Waals surface area contributed by atoms with E-state index in [4.69, 9.17) is 5.73 Å². The quantitative estimate of drug-likeness (QED) is 0.848. The van der Waals surface area contributed by atoms with E-state index in [1.807, 2.05) is 0 Å². The third-order valence-electron chi connectivity index (χ3n) is 5.39. The zero-order valence-corrected chi connectivity index (χ0v) is 12.4. The lowest BCUT2D eigenvalue weighted by Gasteiger charge is -2.27. The Morgan fingerprint density at radius 3 is 2.84 bits per heavy atom. The number of nitriles is 1. The van der Waals surface area contributed by atoms with Gasteiger partial charge < -0.3 is 10.6 Å². The minimum Gasteiger partial charge on any atom is -0.313 e. The van der Waals surface area contributed by atoms with Gasteiger partial charge in [-0.25, -0.2) is 0 Å². The van der Waals surface area contributed by atoms with Crippen molar-refractivity contribution in [3.8, 4) is 6.07 Å². The Morgan fingerprint density at radius 1 is 1.26 bits per heavy atom. The molecule has 0 aromatic rings. The van der Waals surface area contributed by atoms with Crippen molar-refractivity contribution < 1.29 is 0 Å². The van der Waals surface area contributed by atoms with E-state index in [0.717, 1.165) is 38.1 Å². The third-order valence-corrected chi connectivity index (χ3v) is 5.39.